The lowest BCUT2D eigenvalue weighted by Crippen LogP contribution is -2.02. The van der Waals surface area contributed by atoms with Crippen LogP contribution in [0, 0.1) is 17.0 Å². The van der Waals surface area contributed by atoms with Crippen molar-refractivity contribution in [2.45, 2.75) is 6.92 Å². The van der Waals surface area contributed by atoms with E-state index >= 15 is 0 Å². The molecule has 0 saturated carbocycles. The standard InChI is InChI=1S/C18H14N2O3/c1-12-8-15(18(21)17(9-12)20(22)23)11-19-16-7-6-13-4-2-3-5-14(13)10-16/h2-11,21H,1H3/p-1. The molecule has 3 rings (SSSR count). The summed E-state index contributed by atoms with van der Waals surface area (Å²) < 4.78 is 0. The highest BCUT2D eigenvalue weighted by Gasteiger charge is 2.10. The molecule has 0 radical (unpaired) electrons. The van der Waals surface area contributed by atoms with Crippen LogP contribution in [0.2, 0.25) is 0 Å². The second-order valence-corrected chi connectivity index (χ2v) is 5.25. The van der Waals surface area contributed by atoms with Gasteiger partial charge in [0.05, 0.1) is 10.6 Å². The maximum atomic E-state index is 12.1. The maximum Gasteiger partial charge on any atom is 0.262 e. The number of nitro groups is 1. The molecule has 0 unspecified atom stereocenters. The second kappa shape index (κ2) is 5.88. The van der Waals surface area contributed by atoms with E-state index in [-0.39, 0.29) is 5.56 Å². The number of hydrogen-bond acceptors (Lipinski definition) is 4. The smallest absolute Gasteiger partial charge is 0.262 e. The van der Waals surface area contributed by atoms with Crippen molar-refractivity contribution in [1.29, 1.82) is 0 Å². The molecule has 0 aliphatic carbocycles. The van der Waals surface area contributed by atoms with E-state index in [9.17, 15) is 15.2 Å². The fraction of sp³-hybridized carbons (Fsp3) is 0.0556. The zero-order valence-electron chi connectivity index (χ0n) is 12.4. The van der Waals surface area contributed by atoms with E-state index in [0.717, 1.165) is 10.8 Å². The third-order valence-corrected chi connectivity index (χ3v) is 3.52. The second-order valence-electron chi connectivity index (χ2n) is 5.25. The Labute approximate surface area is 132 Å². The Morgan fingerprint density at radius 2 is 1.78 bits per heavy atom. The predicted octanol–water partition coefficient (Wildman–Crippen LogP) is 3.88. The van der Waals surface area contributed by atoms with Gasteiger partial charge in [0.1, 0.15) is 0 Å². The number of hydrogen-bond donors (Lipinski definition) is 0. The van der Waals surface area contributed by atoms with Crippen molar-refractivity contribution in [3.8, 4) is 5.75 Å². The van der Waals surface area contributed by atoms with Gasteiger partial charge in [-0.25, -0.2) is 0 Å². The zero-order chi connectivity index (χ0) is 16.4. The van der Waals surface area contributed by atoms with Crippen molar-refractivity contribution in [1.82, 2.24) is 0 Å². The van der Waals surface area contributed by atoms with E-state index in [0.29, 0.717) is 11.3 Å². The molecule has 0 aliphatic rings. The van der Waals surface area contributed by atoms with Crippen molar-refractivity contribution in [3.05, 3.63) is 75.8 Å². The van der Waals surface area contributed by atoms with Gasteiger partial charge in [0, 0.05) is 12.3 Å². The van der Waals surface area contributed by atoms with Crippen molar-refractivity contribution in [2.24, 2.45) is 4.99 Å². The first kappa shape index (κ1) is 14.7. The summed E-state index contributed by atoms with van der Waals surface area (Å²) in [5.74, 6) is -0.620. The highest BCUT2D eigenvalue weighted by atomic mass is 16.6. The van der Waals surface area contributed by atoms with Crippen LogP contribution in [0.4, 0.5) is 11.4 Å². The molecular formula is C18H13N2O3-. The first-order chi connectivity index (χ1) is 11.0. The molecule has 0 atom stereocenters. The van der Waals surface area contributed by atoms with Crippen LogP contribution in [-0.2, 0) is 0 Å². The fourth-order valence-corrected chi connectivity index (χ4v) is 2.41. The van der Waals surface area contributed by atoms with Crippen LogP contribution in [0.3, 0.4) is 0 Å². The molecular weight excluding hydrogens is 292 g/mol. The van der Waals surface area contributed by atoms with Crippen LogP contribution in [0.1, 0.15) is 11.1 Å². The normalized spacial score (nSPS) is 11.2. The van der Waals surface area contributed by atoms with E-state index < -0.39 is 16.4 Å². The highest BCUT2D eigenvalue weighted by molar-refractivity contribution is 5.90. The van der Waals surface area contributed by atoms with Gasteiger partial charge in [-0.2, -0.15) is 0 Å². The summed E-state index contributed by atoms with van der Waals surface area (Å²) in [5.41, 5.74) is 1.12. The Morgan fingerprint density at radius 1 is 1.04 bits per heavy atom. The van der Waals surface area contributed by atoms with Crippen molar-refractivity contribution < 1.29 is 10.0 Å². The van der Waals surface area contributed by atoms with Crippen LogP contribution in [0.25, 0.3) is 10.8 Å². The highest BCUT2D eigenvalue weighted by Crippen LogP contribution is 2.28. The third kappa shape index (κ3) is 3.03. The Morgan fingerprint density at radius 3 is 2.52 bits per heavy atom. The molecule has 0 heterocycles. The van der Waals surface area contributed by atoms with Gasteiger partial charge in [-0.3, -0.25) is 15.1 Å². The molecule has 0 spiro atoms. The van der Waals surface area contributed by atoms with Crippen molar-refractivity contribution >= 4 is 28.4 Å². The zero-order valence-corrected chi connectivity index (χ0v) is 12.4. The molecule has 0 N–H and O–H groups in total. The van der Waals surface area contributed by atoms with Crippen LogP contribution >= 0.6 is 0 Å². The molecule has 3 aromatic carbocycles. The molecule has 0 fully saturated rings. The molecule has 0 bridgehead atoms. The number of rotatable bonds is 3. The minimum absolute atomic E-state index is 0.213. The number of benzene rings is 3. The first-order valence-electron chi connectivity index (χ1n) is 7.03. The molecule has 0 aromatic heterocycles. The van der Waals surface area contributed by atoms with E-state index in [1.165, 1.54) is 12.3 Å². The Hall–Kier alpha value is -3.21. The van der Waals surface area contributed by atoms with E-state index in [2.05, 4.69) is 4.99 Å². The van der Waals surface area contributed by atoms with Gasteiger partial charge >= 0.3 is 0 Å². The average molecular weight is 305 g/mol. The van der Waals surface area contributed by atoms with Crippen LogP contribution in [0.5, 0.6) is 5.75 Å². The fourth-order valence-electron chi connectivity index (χ4n) is 2.41. The van der Waals surface area contributed by atoms with Crippen molar-refractivity contribution in [2.75, 3.05) is 0 Å². The number of aliphatic imine (C=N–C) groups is 1. The summed E-state index contributed by atoms with van der Waals surface area (Å²) in [6.45, 7) is 1.71. The lowest BCUT2D eigenvalue weighted by molar-refractivity contribution is -0.398. The monoisotopic (exact) mass is 305 g/mol. The summed E-state index contributed by atoms with van der Waals surface area (Å²) in [4.78, 5) is 14.5. The van der Waals surface area contributed by atoms with Gasteiger partial charge in [0.2, 0.25) is 0 Å². The van der Waals surface area contributed by atoms with Crippen molar-refractivity contribution in [3.63, 3.8) is 0 Å². The molecule has 5 nitrogen and oxygen atoms in total. The van der Waals surface area contributed by atoms with Gasteiger partial charge in [-0.1, -0.05) is 36.4 Å². The maximum absolute atomic E-state index is 12.1. The number of nitrogens with zero attached hydrogens (tertiary/aromatic N) is 2. The average Bonchev–Trinajstić information content (AvgIpc) is 2.55. The first-order valence-corrected chi connectivity index (χ1v) is 7.03. The summed E-state index contributed by atoms with van der Waals surface area (Å²) in [7, 11) is 0. The molecule has 0 amide bonds. The number of aryl methyl sites for hydroxylation is 1. The lowest BCUT2D eigenvalue weighted by Gasteiger charge is -2.11. The third-order valence-electron chi connectivity index (χ3n) is 3.52. The molecule has 5 heteroatoms. The Bertz CT molecular complexity index is 933. The van der Waals surface area contributed by atoms with E-state index in [1.54, 1.807) is 13.0 Å². The Kier molecular flexibility index (Phi) is 3.76. The summed E-state index contributed by atoms with van der Waals surface area (Å²) in [6.07, 6.45) is 1.38. The number of fused-ring (bicyclic) bond motifs is 1. The summed E-state index contributed by atoms with van der Waals surface area (Å²) >= 11 is 0. The Balaban J connectivity index is 2.00. The van der Waals surface area contributed by atoms with Crippen LogP contribution in [0.15, 0.2) is 59.6 Å². The lowest BCUT2D eigenvalue weighted by atomic mass is 10.1. The molecule has 23 heavy (non-hydrogen) atoms. The molecule has 3 aromatic rings. The van der Waals surface area contributed by atoms with Gasteiger partial charge in [-0.05, 0) is 46.7 Å². The van der Waals surface area contributed by atoms with E-state index in [4.69, 9.17) is 0 Å². The SMILES string of the molecule is Cc1cc(C=Nc2ccc3ccccc3c2)c([O-])c([N+](=O)[O-])c1. The van der Waals surface area contributed by atoms with Crippen LogP contribution in [-0.4, -0.2) is 11.1 Å². The minimum Gasteiger partial charge on any atom is -0.867 e. The van der Waals surface area contributed by atoms with Gasteiger partial charge in [0.15, 0.2) is 0 Å². The molecule has 0 saturated heterocycles. The topological polar surface area (TPSA) is 78.6 Å². The van der Waals surface area contributed by atoms with Crippen LogP contribution < -0.4 is 5.11 Å². The predicted molar refractivity (Wildman–Crippen MR) is 88.5 cm³/mol. The van der Waals surface area contributed by atoms with Gasteiger partial charge < -0.3 is 5.11 Å². The summed E-state index contributed by atoms with van der Waals surface area (Å²) in [6, 6.07) is 16.4. The van der Waals surface area contributed by atoms with Gasteiger partial charge in [-0.15, -0.1) is 0 Å². The number of nitro benzene ring substituents is 1. The molecule has 114 valence electrons. The minimum atomic E-state index is -0.664. The van der Waals surface area contributed by atoms with E-state index in [1.807, 2.05) is 42.5 Å². The summed E-state index contributed by atoms with van der Waals surface area (Å²) in [5, 5.41) is 25.1. The largest absolute Gasteiger partial charge is 0.867 e. The quantitative estimate of drug-likeness (QED) is 0.418. The molecule has 0 aliphatic heterocycles. The van der Waals surface area contributed by atoms with Gasteiger partial charge in [0.25, 0.3) is 5.69 Å².